The fraction of sp³-hybridized carbons (Fsp3) is 0. The van der Waals surface area contributed by atoms with Gasteiger partial charge in [0.1, 0.15) is 0 Å². The summed E-state index contributed by atoms with van der Waals surface area (Å²) < 4.78 is 0.306. The van der Waals surface area contributed by atoms with Gasteiger partial charge in [0.05, 0.1) is 0 Å². The summed E-state index contributed by atoms with van der Waals surface area (Å²) in [5, 5.41) is 15.9. The fourth-order valence-electron chi connectivity index (χ4n) is 0.0818. The van der Waals surface area contributed by atoms with Gasteiger partial charge in [0.15, 0.2) is 0 Å². The lowest BCUT2D eigenvalue weighted by atomic mass is 11.0. The van der Waals surface area contributed by atoms with Crippen LogP contribution in [0.1, 0.15) is 0 Å². The fourth-order valence-corrected chi connectivity index (χ4v) is 0.0818. The normalized spacial score (nSPS) is 8.00. The third-order valence-electron chi connectivity index (χ3n) is 0.574. The molecule has 0 aromatic rings. The number of rotatable bonds is 0. The molecule has 0 saturated carbocycles. The second kappa shape index (κ2) is 2.55. The van der Waals surface area contributed by atoms with Gasteiger partial charge in [-0.2, -0.15) is 0 Å². The highest BCUT2D eigenvalue weighted by Gasteiger charge is 2.10. The van der Waals surface area contributed by atoms with Crippen molar-refractivity contribution in [3.05, 3.63) is 0 Å². The van der Waals surface area contributed by atoms with E-state index in [2.05, 4.69) is 0 Å². The highest BCUT2D eigenvalue weighted by atomic mass is 27.1. The summed E-state index contributed by atoms with van der Waals surface area (Å²) in [5.74, 6) is 0. The Bertz CT molecular complexity index is 109. The molecule has 0 aromatic carbocycles. The summed E-state index contributed by atoms with van der Waals surface area (Å²) in [6, 6.07) is 0. The Kier molecular flexibility index (Phi) is 2.32. The van der Waals surface area contributed by atoms with E-state index in [0.717, 1.165) is 0 Å². The van der Waals surface area contributed by atoms with Gasteiger partial charge in [0, 0.05) is 0 Å². The van der Waals surface area contributed by atoms with Crippen molar-refractivity contribution in [2.24, 2.45) is 0 Å². The van der Waals surface area contributed by atoms with E-state index in [1.54, 1.807) is 0 Å². The van der Waals surface area contributed by atoms with Gasteiger partial charge in [-0.3, -0.25) is 0 Å². The number of imide groups is 1. The first kappa shape index (κ1) is 7.27. The first-order chi connectivity index (χ1) is 3.55. The molecule has 0 bridgehead atoms. The van der Waals surface area contributed by atoms with Crippen molar-refractivity contribution in [1.82, 2.24) is 3.88 Å². The van der Waals surface area contributed by atoms with Crippen LogP contribution in [-0.2, 0) is 0 Å². The average molecular weight is 133 g/mol. The molecule has 0 atom stereocenters. The molecule has 0 rings (SSSR count). The van der Waals surface area contributed by atoms with E-state index in [0.29, 0.717) is 3.88 Å². The number of amides is 2. The van der Waals surface area contributed by atoms with Gasteiger partial charge >= 0.3 is 28.7 Å². The molecule has 0 aliphatic carbocycles. The SMILES string of the molecule is O=C(O)[N]([AlH2])C(=O)O. The second-order valence-corrected chi connectivity index (χ2v) is 2.02. The van der Waals surface area contributed by atoms with Crippen molar-refractivity contribution >= 4 is 28.7 Å². The molecule has 0 radical (unpaired) electrons. The van der Waals surface area contributed by atoms with E-state index in [4.69, 9.17) is 10.2 Å². The zero-order valence-electron chi connectivity index (χ0n) is 4.16. The zero-order chi connectivity index (χ0) is 6.73. The second-order valence-electron chi connectivity index (χ2n) is 1.12. The molecule has 0 fully saturated rings. The van der Waals surface area contributed by atoms with Crippen LogP contribution >= 0.6 is 0 Å². The highest BCUT2D eigenvalue weighted by molar-refractivity contribution is 6.21. The van der Waals surface area contributed by atoms with E-state index >= 15 is 0 Å². The number of nitrogens with zero attached hydrogens (tertiary/aromatic N) is 1. The van der Waals surface area contributed by atoms with Crippen molar-refractivity contribution in [3.8, 4) is 0 Å². The maximum atomic E-state index is 9.72. The van der Waals surface area contributed by atoms with Crippen molar-refractivity contribution in [1.29, 1.82) is 0 Å². The molecule has 2 N–H and O–H groups in total. The van der Waals surface area contributed by atoms with Crippen LogP contribution < -0.4 is 0 Å². The van der Waals surface area contributed by atoms with Crippen molar-refractivity contribution in [2.45, 2.75) is 0 Å². The number of carboxylic acid groups (broad SMARTS) is 2. The van der Waals surface area contributed by atoms with Crippen LogP contribution in [0.25, 0.3) is 0 Å². The summed E-state index contributed by atoms with van der Waals surface area (Å²) in [7, 11) is 0. The summed E-state index contributed by atoms with van der Waals surface area (Å²) in [4.78, 5) is 19.4. The lowest BCUT2D eigenvalue weighted by molar-refractivity contribution is 0.149. The Balaban J connectivity index is 3.83. The average Bonchev–Trinajstić information content (AvgIpc) is 1.64. The minimum Gasteiger partial charge on any atom is -0.466 e. The van der Waals surface area contributed by atoms with Crippen LogP contribution in [0.15, 0.2) is 0 Å². The maximum absolute atomic E-state index is 9.72. The molecule has 44 valence electrons. The smallest absolute Gasteiger partial charge is 0.391 e. The molecule has 0 heterocycles. The molecule has 8 heavy (non-hydrogen) atoms. The van der Waals surface area contributed by atoms with Gasteiger partial charge in [-0.05, 0) is 0 Å². The maximum Gasteiger partial charge on any atom is 0.391 e. The Morgan fingerprint density at radius 1 is 1.25 bits per heavy atom. The molecular formula is C2H4AlNO4. The molecule has 0 spiro atoms. The Morgan fingerprint density at radius 3 is 1.50 bits per heavy atom. The van der Waals surface area contributed by atoms with Crippen LogP contribution in [-0.4, -0.2) is 42.8 Å². The predicted molar refractivity (Wildman–Crippen MR) is 26.4 cm³/mol. The third-order valence-corrected chi connectivity index (χ3v) is 1.34. The van der Waals surface area contributed by atoms with Gasteiger partial charge in [0.2, 0.25) is 0 Å². The topological polar surface area (TPSA) is 77.8 Å². The molecule has 0 aliphatic heterocycles. The van der Waals surface area contributed by atoms with E-state index in [1.807, 2.05) is 0 Å². The summed E-state index contributed by atoms with van der Waals surface area (Å²) in [5.41, 5.74) is 0. The van der Waals surface area contributed by atoms with Gasteiger partial charge in [-0.15, -0.1) is 0 Å². The summed E-state index contributed by atoms with van der Waals surface area (Å²) in [6.07, 6.45) is -2.83. The molecule has 0 unspecified atom stereocenters. The van der Waals surface area contributed by atoms with E-state index in [1.165, 1.54) is 0 Å². The molecular weight excluding hydrogens is 129 g/mol. The van der Waals surface area contributed by atoms with Crippen molar-refractivity contribution in [2.75, 3.05) is 0 Å². The number of hydrogen-bond donors (Lipinski definition) is 2. The number of carbonyl (C=O) groups is 2. The summed E-state index contributed by atoms with van der Waals surface area (Å²) >= 11 is -0.00772. The largest absolute Gasteiger partial charge is 0.466 e. The first-order valence-electron chi connectivity index (χ1n) is 1.75. The first-order valence-corrected chi connectivity index (χ1v) is 2.64. The molecule has 5 nitrogen and oxygen atoms in total. The number of hydrogen-bond acceptors (Lipinski definition) is 2. The standard InChI is InChI=1S/C2H2NO4.Al.2H/c4-1(5)3-2(6)7;;;/h(H,4,5)(H,6,7);;;/q-1;+1;;. The minimum atomic E-state index is -1.41. The van der Waals surface area contributed by atoms with Gasteiger partial charge in [0.25, 0.3) is 0 Å². The van der Waals surface area contributed by atoms with Crippen LogP contribution in [0.5, 0.6) is 0 Å². The predicted octanol–water partition coefficient (Wildman–Crippen LogP) is -0.808. The molecule has 0 aromatic heterocycles. The molecule has 2 amide bonds. The molecule has 6 heteroatoms. The Labute approximate surface area is 53.2 Å². The highest BCUT2D eigenvalue weighted by Crippen LogP contribution is 1.80. The molecule has 0 aliphatic rings. The minimum absolute atomic E-state index is 0.00772. The monoisotopic (exact) mass is 133 g/mol. The third kappa shape index (κ3) is 1.82. The zero-order valence-corrected chi connectivity index (χ0v) is 6.16. The Hall–Kier alpha value is -0.728. The van der Waals surface area contributed by atoms with E-state index in [-0.39, 0.29) is 16.5 Å². The van der Waals surface area contributed by atoms with Crippen LogP contribution in [0, 0.1) is 0 Å². The van der Waals surface area contributed by atoms with Crippen LogP contribution in [0.4, 0.5) is 9.59 Å². The summed E-state index contributed by atoms with van der Waals surface area (Å²) in [6.45, 7) is 0. The molecule has 0 saturated heterocycles. The van der Waals surface area contributed by atoms with Crippen molar-refractivity contribution in [3.63, 3.8) is 0 Å². The van der Waals surface area contributed by atoms with Crippen molar-refractivity contribution < 1.29 is 19.8 Å². The van der Waals surface area contributed by atoms with E-state index < -0.39 is 12.2 Å². The van der Waals surface area contributed by atoms with E-state index in [9.17, 15) is 9.59 Å². The lowest BCUT2D eigenvalue weighted by Gasteiger charge is -2.04. The van der Waals surface area contributed by atoms with Crippen LogP contribution in [0.3, 0.4) is 0 Å². The lowest BCUT2D eigenvalue weighted by Crippen LogP contribution is -2.31. The van der Waals surface area contributed by atoms with Crippen LogP contribution in [0.2, 0.25) is 0 Å². The quantitative estimate of drug-likeness (QED) is 0.423. The van der Waals surface area contributed by atoms with Gasteiger partial charge in [-0.1, -0.05) is 0 Å². The van der Waals surface area contributed by atoms with Gasteiger partial charge < -0.3 is 14.1 Å². The van der Waals surface area contributed by atoms with Gasteiger partial charge in [-0.25, -0.2) is 9.59 Å². The Morgan fingerprint density at radius 2 is 1.50 bits per heavy atom.